The third-order valence-corrected chi connectivity index (χ3v) is 5.02. The van der Waals surface area contributed by atoms with Gasteiger partial charge in [0.1, 0.15) is 0 Å². The van der Waals surface area contributed by atoms with E-state index in [0.29, 0.717) is 12.6 Å². The first kappa shape index (κ1) is 16.3. The van der Waals surface area contributed by atoms with E-state index < -0.39 is 0 Å². The maximum atomic E-state index is 12.2. The molecule has 124 valence electrons. The predicted octanol–water partition coefficient (Wildman–Crippen LogP) is 2.66. The standard InChI is InChI=1S/C17H24N4OS/c1-17(2,3)15-6-7-16(22)21(19-15)11-14-5-4-8-20(14)10-13-9-18-23-12-13/h6-7,9,12,14H,4-5,8,10-11H2,1-3H3. The largest absolute Gasteiger partial charge is 0.294 e. The highest BCUT2D eigenvalue weighted by atomic mass is 32.1. The van der Waals surface area contributed by atoms with Crippen LogP contribution in [-0.2, 0) is 18.5 Å². The van der Waals surface area contributed by atoms with Crippen LogP contribution in [-0.4, -0.2) is 31.6 Å². The predicted molar refractivity (Wildman–Crippen MR) is 92.7 cm³/mol. The van der Waals surface area contributed by atoms with E-state index in [2.05, 4.69) is 40.5 Å². The van der Waals surface area contributed by atoms with E-state index in [0.717, 1.165) is 25.2 Å². The van der Waals surface area contributed by atoms with Gasteiger partial charge in [-0.1, -0.05) is 20.8 Å². The summed E-state index contributed by atoms with van der Waals surface area (Å²) in [5, 5.41) is 6.70. The molecule has 0 aliphatic carbocycles. The maximum absolute atomic E-state index is 12.2. The Labute approximate surface area is 141 Å². The number of nitrogens with zero attached hydrogens (tertiary/aromatic N) is 4. The van der Waals surface area contributed by atoms with Gasteiger partial charge in [0.05, 0.1) is 12.2 Å². The molecule has 2 aromatic rings. The quantitative estimate of drug-likeness (QED) is 0.864. The molecule has 0 N–H and O–H groups in total. The molecule has 1 aliphatic rings. The zero-order valence-corrected chi connectivity index (χ0v) is 14.8. The normalized spacial score (nSPS) is 19.3. The first-order valence-corrected chi connectivity index (χ1v) is 8.98. The van der Waals surface area contributed by atoms with Crippen LogP contribution in [0.3, 0.4) is 0 Å². The number of hydrogen-bond acceptors (Lipinski definition) is 5. The molecule has 0 spiro atoms. The van der Waals surface area contributed by atoms with Crippen molar-refractivity contribution in [3.8, 4) is 0 Å². The van der Waals surface area contributed by atoms with Crippen LogP contribution in [0.2, 0.25) is 0 Å². The minimum absolute atomic E-state index is 0.0120. The van der Waals surface area contributed by atoms with Gasteiger partial charge in [0.25, 0.3) is 5.56 Å². The molecule has 5 nitrogen and oxygen atoms in total. The fourth-order valence-electron chi connectivity index (χ4n) is 3.03. The molecule has 0 bridgehead atoms. The van der Waals surface area contributed by atoms with Gasteiger partial charge >= 0.3 is 0 Å². The van der Waals surface area contributed by atoms with E-state index in [1.807, 2.05) is 12.3 Å². The van der Waals surface area contributed by atoms with Gasteiger partial charge in [-0.05, 0) is 42.5 Å². The van der Waals surface area contributed by atoms with Crippen LogP contribution in [0.25, 0.3) is 0 Å². The van der Waals surface area contributed by atoms with Gasteiger partial charge in [0.15, 0.2) is 0 Å². The van der Waals surface area contributed by atoms with E-state index in [4.69, 9.17) is 0 Å². The SMILES string of the molecule is CC(C)(C)c1ccc(=O)n(CC2CCCN2Cc2cnsc2)n1. The highest BCUT2D eigenvalue weighted by Gasteiger charge is 2.26. The molecule has 3 heterocycles. The molecule has 1 fully saturated rings. The molecule has 1 saturated heterocycles. The molecule has 1 aliphatic heterocycles. The Balaban J connectivity index is 1.76. The Kier molecular flexibility index (Phi) is 4.64. The summed E-state index contributed by atoms with van der Waals surface area (Å²) < 4.78 is 5.82. The van der Waals surface area contributed by atoms with Crippen molar-refractivity contribution < 1.29 is 0 Å². The first-order valence-electron chi connectivity index (χ1n) is 8.14. The van der Waals surface area contributed by atoms with Crippen LogP contribution >= 0.6 is 11.5 Å². The van der Waals surface area contributed by atoms with E-state index in [1.54, 1.807) is 10.7 Å². The summed E-state index contributed by atoms with van der Waals surface area (Å²) in [6.45, 7) is 9.02. The van der Waals surface area contributed by atoms with Crippen molar-refractivity contribution in [2.24, 2.45) is 0 Å². The van der Waals surface area contributed by atoms with Crippen molar-refractivity contribution in [2.45, 2.75) is 58.2 Å². The molecule has 0 aromatic carbocycles. The highest BCUT2D eigenvalue weighted by molar-refractivity contribution is 7.03. The summed E-state index contributed by atoms with van der Waals surface area (Å²) in [5.41, 5.74) is 2.16. The Morgan fingerprint density at radius 3 is 2.87 bits per heavy atom. The average Bonchev–Trinajstić information content (AvgIpc) is 3.13. The molecule has 1 unspecified atom stereocenters. The lowest BCUT2D eigenvalue weighted by molar-refractivity contribution is 0.216. The maximum Gasteiger partial charge on any atom is 0.266 e. The molecule has 0 saturated carbocycles. The van der Waals surface area contributed by atoms with Crippen molar-refractivity contribution >= 4 is 11.5 Å². The Morgan fingerprint density at radius 1 is 1.35 bits per heavy atom. The topological polar surface area (TPSA) is 51.0 Å². The van der Waals surface area contributed by atoms with Gasteiger partial charge in [-0.2, -0.15) is 5.10 Å². The lowest BCUT2D eigenvalue weighted by atomic mass is 9.92. The van der Waals surface area contributed by atoms with Crippen LogP contribution in [0, 0.1) is 0 Å². The summed E-state index contributed by atoms with van der Waals surface area (Å²) >= 11 is 1.49. The minimum Gasteiger partial charge on any atom is -0.294 e. The van der Waals surface area contributed by atoms with Crippen LogP contribution in [0.1, 0.15) is 44.9 Å². The summed E-state index contributed by atoms with van der Waals surface area (Å²) in [6.07, 6.45) is 4.23. The Morgan fingerprint density at radius 2 is 2.17 bits per heavy atom. The van der Waals surface area contributed by atoms with Gasteiger partial charge in [-0.25, -0.2) is 9.06 Å². The van der Waals surface area contributed by atoms with Gasteiger partial charge in [-0.3, -0.25) is 9.69 Å². The van der Waals surface area contributed by atoms with Gasteiger partial charge < -0.3 is 0 Å². The van der Waals surface area contributed by atoms with E-state index in [-0.39, 0.29) is 11.0 Å². The molecule has 0 amide bonds. The van der Waals surface area contributed by atoms with Crippen molar-refractivity contribution in [1.29, 1.82) is 0 Å². The van der Waals surface area contributed by atoms with E-state index >= 15 is 0 Å². The molecule has 6 heteroatoms. The first-order chi connectivity index (χ1) is 10.9. The smallest absolute Gasteiger partial charge is 0.266 e. The van der Waals surface area contributed by atoms with Gasteiger partial charge in [0.2, 0.25) is 0 Å². The molecule has 2 aromatic heterocycles. The molecular formula is C17H24N4OS. The Bertz CT molecular complexity index is 702. The fourth-order valence-corrected chi connectivity index (χ4v) is 3.56. The zero-order valence-electron chi connectivity index (χ0n) is 14.0. The fraction of sp³-hybridized carbons (Fsp3) is 0.588. The molecule has 3 rings (SSSR count). The monoisotopic (exact) mass is 332 g/mol. The lowest BCUT2D eigenvalue weighted by Gasteiger charge is -2.25. The number of hydrogen-bond donors (Lipinski definition) is 0. The highest BCUT2D eigenvalue weighted by Crippen LogP contribution is 2.22. The summed E-state index contributed by atoms with van der Waals surface area (Å²) in [5.74, 6) is 0. The third-order valence-electron chi connectivity index (χ3n) is 4.39. The lowest BCUT2D eigenvalue weighted by Crippen LogP contribution is -2.37. The average molecular weight is 332 g/mol. The molecular weight excluding hydrogens is 308 g/mol. The molecule has 23 heavy (non-hydrogen) atoms. The van der Waals surface area contributed by atoms with Gasteiger partial charge in [0, 0.05) is 35.6 Å². The van der Waals surface area contributed by atoms with Crippen molar-refractivity contribution in [3.05, 3.63) is 45.3 Å². The third kappa shape index (κ3) is 3.87. The number of aromatic nitrogens is 3. The minimum atomic E-state index is -0.0485. The summed E-state index contributed by atoms with van der Waals surface area (Å²) in [7, 11) is 0. The zero-order chi connectivity index (χ0) is 16.4. The Hall–Kier alpha value is -1.53. The van der Waals surface area contributed by atoms with Crippen molar-refractivity contribution in [2.75, 3.05) is 6.54 Å². The van der Waals surface area contributed by atoms with Crippen LogP contribution < -0.4 is 5.56 Å². The molecule has 1 atom stereocenters. The van der Waals surface area contributed by atoms with Crippen LogP contribution in [0.15, 0.2) is 28.5 Å². The van der Waals surface area contributed by atoms with Crippen molar-refractivity contribution in [1.82, 2.24) is 19.1 Å². The van der Waals surface area contributed by atoms with Crippen LogP contribution in [0.4, 0.5) is 0 Å². The number of rotatable bonds is 4. The summed E-state index contributed by atoms with van der Waals surface area (Å²) in [6, 6.07) is 3.87. The van der Waals surface area contributed by atoms with Gasteiger partial charge in [-0.15, -0.1) is 0 Å². The second-order valence-corrected chi connectivity index (χ2v) is 7.95. The second-order valence-electron chi connectivity index (χ2n) is 7.29. The molecule has 0 radical (unpaired) electrons. The van der Waals surface area contributed by atoms with E-state index in [9.17, 15) is 4.79 Å². The van der Waals surface area contributed by atoms with Crippen molar-refractivity contribution in [3.63, 3.8) is 0 Å². The van der Waals surface area contributed by atoms with E-state index in [1.165, 1.54) is 23.5 Å². The summed E-state index contributed by atoms with van der Waals surface area (Å²) in [4.78, 5) is 14.6. The second kappa shape index (κ2) is 6.53. The number of likely N-dealkylation sites (tertiary alicyclic amines) is 1. The van der Waals surface area contributed by atoms with Crippen LogP contribution in [0.5, 0.6) is 0 Å².